The summed E-state index contributed by atoms with van der Waals surface area (Å²) in [5.74, 6) is -0.526. The number of ether oxygens (including phenoxy) is 1. The standard InChI is InChI=1S/C15H23N3O5S/c1-12(19)16-13-5-4-6-14(11-13)17-15(20)7-8-18(9-10-23-2)24(3,21)22/h4-6,11H,7-10H2,1-3H3,(H,16,19)(H,17,20). The minimum atomic E-state index is -3.40. The first-order valence-electron chi connectivity index (χ1n) is 7.34. The van der Waals surface area contributed by atoms with Gasteiger partial charge in [0.2, 0.25) is 21.8 Å². The quantitative estimate of drug-likeness (QED) is 0.683. The summed E-state index contributed by atoms with van der Waals surface area (Å²) in [4.78, 5) is 23.0. The molecule has 0 aromatic heterocycles. The second-order valence-corrected chi connectivity index (χ2v) is 7.20. The molecule has 1 aromatic rings. The third kappa shape index (κ3) is 7.53. The minimum Gasteiger partial charge on any atom is -0.383 e. The molecule has 2 amide bonds. The maximum atomic E-state index is 12.0. The Morgan fingerprint density at radius 1 is 1.17 bits per heavy atom. The van der Waals surface area contributed by atoms with Gasteiger partial charge in [-0.3, -0.25) is 9.59 Å². The van der Waals surface area contributed by atoms with E-state index in [4.69, 9.17) is 4.74 Å². The summed E-state index contributed by atoms with van der Waals surface area (Å²) in [5.41, 5.74) is 1.09. The van der Waals surface area contributed by atoms with Crippen molar-refractivity contribution in [3.63, 3.8) is 0 Å². The molecule has 0 atom stereocenters. The van der Waals surface area contributed by atoms with Crippen LogP contribution in [0.5, 0.6) is 0 Å². The van der Waals surface area contributed by atoms with Crippen LogP contribution >= 0.6 is 0 Å². The molecule has 0 saturated heterocycles. The molecule has 1 aromatic carbocycles. The Morgan fingerprint density at radius 3 is 2.33 bits per heavy atom. The van der Waals surface area contributed by atoms with Gasteiger partial charge in [-0.15, -0.1) is 0 Å². The highest BCUT2D eigenvalue weighted by Gasteiger charge is 2.17. The molecule has 0 aliphatic heterocycles. The zero-order valence-corrected chi connectivity index (χ0v) is 14.9. The van der Waals surface area contributed by atoms with Crippen LogP contribution < -0.4 is 10.6 Å². The van der Waals surface area contributed by atoms with Gasteiger partial charge in [0.15, 0.2) is 0 Å². The SMILES string of the molecule is COCCN(CCC(=O)Nc1cccc(NC(C)=O)c1)S(C)(=O)=O. The largest absolute Gasteiger partial charge is 0.383 e. The van der Waals surface area contributed by atoms with E-state index in [1.54, 1.807) is 24.3 Å². The summed E-state index contributed by atoms with van der Waals surface area (Å²) in [7, 11) is -1.92. The van der Waals surface area contributed by atoms with Gasteiger partial charge in [0.25, 0.3) is 0 Å². The van der Waals surface area contributed by atoms with E-state index < -0.39 is 10.0 Å². The summed E-state index contributed by atoms with van der Waals surface area (Å²) in [5, 5.41) is 5.30. The number of nitrogens with one attached hydrogen (secondary N) is 2. The molecule has 2 N–H and O–H groups in total. The van der Waals surface area contributed by atoms with Crippen molar-refractivity contribution in [2.75, 3.05) is 43.7 Å². The topological polar surface area (TPSA) is 105 Å². The summed E-state index contributed by atoms with van der Waals surface area (Å²) >= 11 is 0. The number of anilines is 2. The molecule has 0 spiro atoms. The molecule has 0 unspecified atom stereocenters. The second-order valence-electron chi connectivity index (χ2n) is 5.22. The lowest BCUT2D eigenvalue weighted by Gasteiger charge is -2.19. The van der Waals surface area contributed by atoms with Crippen molar-refractivity contribution in [3.05, 3.63) is 24.3 Å². The van der Waals surface area contributed by atoms with E-state index in [0.717, 1.165) is 6.26 Å². The Bertz CT molecular complexity index is 675. The Hall–Kier alpha value is -1.97. The molecule has 134 valence electrons. The van der Waals surface area contributed by atoms with Crippen LogP contribution in [0.3, 0.4) is 0 Å². The van der Waals surface area contributed by atoms with Gasteiger partial charge in [0, 0.05) is 44.9 Å². The number of hydrogen-bond acceptors (Lipinski definition) is 5. The Morgan fingerprint density at radius 2 is 1.79 bits per heavy atom. The zero-order chi connectivity index (χ0) is 18.2. The van der Waals surface area contributed by atoms with E-state index >= 15 is 0 Å². The van der Waals surface area contributed by atoms with E-state index in [2.05, 4.69) is 10.6 Å². The highest BCUT2D eigenvalue weighted by Crippen LogP contribution is 2.15. The number of amides is 2. The Labute approximate surface area is 142 Å². The number of nitrogens with zero attached hydrogens (tertiary/aromatic N) is 1. The molecule has 0 bridgehead atoms. The highest BCUT2D eigenvalue weighted by atomic mass is 32.2. The van der Waals surface area contributed by atoms with E-state index in [-0.39, 0.29) is 37.9 Å². The second kappa shape index (κ2) is 9.36. The number of rotatable bonds is 9. The molecular formula is C15H23N3O5S. The van der Waals surface area contributed by atoms with E-state index in [0.29, 0.717) is 11.4 Å². The Kier molecular flexibility index (Phi) is 7.83. The van der Waals surface area contributed by atoms with Gasteiger partial charge < -0.3 is 15.4 Å². The fraction of sp³-hybridized carbons (Fsp3) is 0.467. The number of carbonyl (C=O) groups excluding carboxylic acids is 2. The van der Waals surface area contributed by atoms with Crippen molar-refractivity contribution in [2.24, 2.45) is 0 Å². The van der Waals surface area contributed by atoms with Gasteiger partial charge in [0.05, 0.1) is 12.9 Å². The van der Waals surface area contributed by atoms with Gasteiger partial charge in [-0.25, -0.2) is 8.42 Å². The zero-order valence-electron chi connectivity index (χ0n) is 14.0. The molecular weight excluding hydrogens is 334 g/mol. The number of methoxy groups -OCH3 is 1. The highest BCUT2D eigenvalue weighted by molar-refractivity contribution is 7.88. The van der Waals surface area contributed by atoms with Crippen molar-refractivity contribution < 1.29 is 22.7 Å². The van der Waals surface area contributed by atoms with Gasteiger partial charge in [-0.2, -0.15) is 4.31 Å². The van der Waals surface area contributed by atoms with Crippen LogP contribution in [-0.4, -0.2) is 57.6 Å². The van der Waals surface area contributed by atoms with Crippen molar-refractivity contribution in [1.82, 2.24) is 4.31 Å². The van der Waals surface area contributed by atoms with Crippen LogP contribution in [0.25, 0.3) is 0 Å². The lowest BCUT2D eigenvalue weighted by molar-refractivity contribution is -0.116. The van der Waals surface area contributed by atoms with Gasteiger partial charge in [-0.1, -0.05) is 6.07 Å². The first kappa shape index (κ1) is 20.1. The monoisotopic (exact) mass is 357 g/mol. The molecule has 0 saturated carbocycles. The number of carbonyl (C=O) groups is 2. The molecule has 0 heterocycles. The lowest BCUT2D eigenvalue weighted by Crippen LogP contribution is -2.35. The van der Waals surface area contributed by atoms with Crippen molar-refractivity contribution >= 4 is 33.2 Å². The lowest BCUT2D eigenvalue weighted by atomic mass is 10.2. The third-order valence-electron chi connectivity index (χ3n) is 3.07. The van der Waals surface area contributed by atoms with Gasteiger partial charge in [-0.05, 0) is 18.2 Å². The first-order chi connectivity index (χ1) is 11.2. The van der Waals surface area contributed by atoms with Gasteiger partial charge >= 0.3 is 0 Å². The van der Waals surface area contributed by atoms with Crippen molar-refractivity contribution in [1.29, 1.82) is 0 Å². The summed E-state index contributed by atoms with van der Waals surface area (Å²) in [6, 6.07) is 6.70. The summed E-state index contributed by atoms with van der Waals surface area (Å²) in [6.45, 7) is 1.92. The number of benzene rings is 1. The predicted octanol–water partition coefficient (Wildman–Crippen LogP) is 0.882. The Balaban J connectivity index is 2.60. The summed E-state index contributed by atoms with van der Waals surface area (Å²) in [6.07, 6.45) is 1.11. The molecule has 0 fully saturated rings. The maximum Gasteiger partial charge on any atom is 0.225 e. The summed E-state index contributed by atoms with van der Waals surface area (Å²) < 4.78 is 29.4. The van der Waals surface area contributed by atoms with Crippen LogP contribution in [0.1, 0.15) is 13.3 Å². The van der Waals surface area contributed by atoms with E-state index in [1.165, 1.54) is 18.3 Å². The van der Waals surface area contributed by atoms with Crippen LogP contribution in [-0.2, 0) is 24.3 Å². The van der Waals surface area contributed by atoms with Crippen LogP contribution in [0.15, 0.2) is 24.3 Å². The van der Waals surface area contributed by atoms with Crippen molar-refractivity contribution in [2.45, 2.75) is 13.3 Å². The molecule has 0 aliphatic rings. The third-order valence-corrected chi connectivity index (χ3v) is 4.37. The van der Waals surface area contributed by atoms with Crippen LogP contribution in [0.4, 0.5) is 11.4 Å². The molecule has 1 rings (SSSR count). The average molecular weight is 357 g/mol. The maximum absolute atomic E-state index is 12.0. The molecule has 0 aliphatic carbocycles. The van der Waals surface area contributed by atoms with Crippen LogP contribution in [0.2, 0.25) is 0 Å². The first-order valence-corrected chi connectivity index (χ1v) is 9.19. The molecule has 0 radical (unpaired) electrons. The average Bonchev–Trinajstić information content (AvgIpc) is 2.45. The minimum absolute atomic E-state index is 0.0150. The van der Waals surface area contributed by atoms with Gasteiger partial charge in [0.1, 0.15) is 0 Å². The predicted molar refractivity (Wildman–Crippen MR) is 92.3 cm³/mol. The smallest absolute Gasteiger partial charge is 0.225 e. The van der Waals surface area contributed by atoms with Crippen LogP contribution in [0, 0.1) is 0 Å². The van der Waals surface area contributed by atoms with E-state index in [1.807, 2.05) is 0 Å². The molecule has 8 nitrogen and oxygen atoms in total. The fourth-order valence-corrected chi connectivity index (χ4v) is 2.79. The van der Waals surface area contributed by atoms with E-state index in [9.17, 15) is 18.0 Å². The molecule has 9 heteroatoms. The molecule has 24 heavy (non-hydrogen) atoms. The number of hydrogen-bond donors (Lipinski definition) is 2. The fourth-order valence-electron chi connectivity index (χ4n) is 1.96. The van der Waals surface area contributed by atoms with Crippen molar-refractivity contribution in [3.8, 4) is 0 Å². The number of sulfonamides is 1. The normalized spacial score (nSPS) is 11.3.